The molecule has 0 spiro atoms. The first kappa shape index (κ1) is 13.6. The van der Waals surface area contributed by atoms with E-state index in [9.17, 15) is 4.79 Å². The third kappa shape index (κ3) is 4.10. The predicted octanol–water partition coefficient (Wildman–Crippen LogP) is 2.60. The van der Waals surface area contributed by atoms with E-state index in [2.05, 4.69) is 12.2 Å². The number of benzene rings is 1. The molecule has 0 saturated heterocycles. The lowest BCUT2D eigenvalue weighted by Gasteiger charge is -2.15. The van der Waals surface area contributed by atoms with Crippen molar-refractivity contribution < 1.29 is 9.53 Å². The fraction of sp³-hybridized carbons (Fsp3) is 0.500. The summed E-state index contributed by atoms with van der Waals surface area (Å²) in [6.07, 6.45) is 0.478. The third-order valence-electron chi connectivity index (χ3n) is 2.71. The zero-order valence-electron chi connectivity index (χ0n) is 11.0. The largest absolute Gasteiger partial charge is 0.481 e. The molecular weight excluding hydrogens is 214 g/mol. The van der Waals surface area contributed by atoms with Crippen molar-refractivity contribution in [3.05, 3.63) is 29.3 Å². The summed E-state index contributed by atoms with van der Waals surface area (Å²) in [5.41, 5.74) is 2.39. The number of aryl methyl sites for hydroxylation is 2. The minimum Gasteiger partial charge on any atom is -0.481 e. The van der Waals surface area contributed by atoms with Crippen LogP contribution in [0.5, 0.6) is 5.75 Å². The van der Waals surface area contributed by atoms with Gasteiger partial charge in [0, 0.05) is 6.54 Å². The smallest absolute Gasteiger partial charge is 0.260 e. The Morgan fingerprint density at radius 2 is 2.06 bits per heavy atom. The van der Waals surface area contributed by atoms with Gasteiger partial charge in [-0.3, -0.25) is 4.79 Å². The Labute approximate surface area is 103 Å². The maximum atomic E-state index is 11.6. The second-order valence-electron chi connectivity index (χ2n) is 4.30. The molecule has 0 aromatic heterocycles. The first-order valence-corrected chi connectivity index (χ1v) is 6.06. The molecule has 17 heavy (non-hydrogen) atoms. The van der Waals surface area contributed by atoms with Crippen molar-refractivity contribution in [3.63, 3.8) is 0 Å². The summed E-state index contributed by atoms with van der Waals surface area (Å²) in [6.45, 7) is 8.56. The number of ether oxygens (including phenoxy) is 1. The molecule has 1 amide bonds. The molecule has 0 heterocycles. The van der Waals surface area contributed by atoms with Crippen LogP contribution in [0.4, 0.5) is 0 Å². The van der Waals surface area contributed by atoms with Crippen LogP contribution in [-0.4, -0.2) is 18.6 Å². The minimum absolute atomic E-state index is 0.0647. The van der Waals surface area contributed by atoms with Crippen LogP contribution in [0.15, 0.2) is 18.2 Å². The van der Waals surface area contributed by atoms with Crippen molar-refractivity contribution in [2.45, 2.75) is 40.2 Å². The van der Waals surface area contributed by atoms with E-state index >= 15 is 0 Å². The van der Waals surface area contributed by atoms with Crippen LogP contribution < -0.4 is 10.1 Å². The Kier molecular flexibility index (Phi) is 5.01. The van der Waals surface area contributed by atoms with Gasteiger partial charge >= 0.3 is 0 Å². The van der Waals surface area contributed by atoms with Crippen molar-refractivity contribution in [3.8, 4) is 5.75 Å². The average molecular weight is 235 g/mol. The number of hydrogen-bond acceptors (Lipinski definition) is 2. The van der Waals surface area contributed by atoms with Crippen LogP contribution in [-0.2, 0) is 4.79 Å². The van der Waals surface area contributed by atoms with Gasteiger partial charge in [0.1, 0.15) is 5.75 Å². The van der Waals surface area contributed by atoms with Gasteiger partial charge in [0.2, 0.25) is 0 Å². The van der Waals surface area contributed by atoms with Crippen LogP contribution >= 0.6 is 0 Å². The molecule has 94 valence electrons. The molecule has 0 radical (unpaired) electrons. The molecule has 0 aliphatic heterocycles. The zero-order chi connectivity index (χ0) is 12.8. The van der Waals surface area contributed by atoms with Gasteiger partial charge < -0.3 is 10.1 Å². The number of hydrogen-bond donors (Lipinski definition) is 1. The van der Waals surface area contributed by atoms with E-state index in [-0.39, 0.29) is 5.91 Å². The second kappa shape index (κ2) is 6.28. The van der Waals surface area contributed by atoms with Crippen LogP contribution in [0, 0.1) is 13.8 Å². The van der Waals surface area contributed by atoms with Crippen LogP contribution in [0.1, 0.15) is 31.4 Å². The van der Waals surface area contributed by atoms with Gasteiger partial charge in [0.15, 0.2) is 6.10 Å². The lowest BCUT2D eigenvalue weighted by Crippen LogP contribution is -2.36. The zero-order valence-corrected chi connectivity index (χ0v) is 11.0. The van der Waals surface area contributed by atoms with E-state index in [1.54, 1.807) is 6.92 Å². The van der Waals surface area contributed by atoms with Crippen molar-refractivity contribution >= 4 is 5.91 Å². The third-order valence-corrected chi connectivity index (χ3v) is 2.71. The highest BCUT2D eigenvalue weighted by Crippen LogP contribution is 2.17. The second-order valence-corrected chi connectivity index (χ2v) is 4.30. The molecule has 0 fully saturated rings. The molecule has 3 heteroatoms. The molecule has 1 aromatic rings. The molecule has 0 bridgehead atoms. The quantitative estimate of drug-likeness (QED) is 0.852. The lowest BCUT2D eigenvalue weighted by atomic mass is 10.1. The van der Waals surface area contributed by atoms with E-state index in [1.807, 2.05) is 32.0 Å². The van der Waals surface area contributed by atoms with Crippen LogP contribution in [0.3, 0.4) is 0 Å². The van der Waals surface area contributed by atoms with E-state index in [4.69, 9.17) is 4.74 Å². The Bertz CT molecular complexity index is 388. The SMILES string of the molecule is CCCNC(=O)C(C)Oc1ccc(C)c(C)c1. The summed E-state index contributed by atoms with van der Waals surface area (Å²) in [5, 5.41) is 2.81. The van der Waals surface area contributed by atoms with Crippen molar-refractivity contribution in [1.82, 2.24) is 5.32 Å². The Morgan fingerprint density at radius 3 is 2.65 bits per heavy atom. The molecule has 0 saturated carbocycles. The molecule has 0 aliphatic rings. The Hall–Kier alpha value is -1.51. The minimum atomic E-state index is -0.455. The molecule has 1 N–H and O–H groups in total. The Balaban J connectivity index is 2.58. The number of amides is 1. The first-order valence-electron chi connectivity index (χ1n) is 6.06. The number of carbonyl (C=O) groups is 1. The fourth-order valence-corrected chi connectivity index (χ4v) is 1.44. The predicted molar refractivity (Wildman–Crippen MR) is 69.3 cm³/mol. The van der Waals surface area contributed by atoms with E-state index in [0.717, 1.165) is 12.2 Å². The van der Waals surface area contributed by atoms with Gasteiger partial charge in [-0.25, -0.2) is 0 Å². The number of carbonyl (C=O) groups excluding carboxylic acids is 1. The molecular formula is C14H21NO2. The number of nitrogens with one attached hydrogen (secondary N) is 1. The molecule has 0 aliphatic carbocycles. The summed E-state index contributed by atoms with van der Waals surface area (Å²) in [6, 6.07) is 5.85. The maximum absolute atomic E-state index is 11.6. The maximum Gasteiger partial charge on any atom is 0.260 e. The molecule has 1 unspecified atom stereocenters. The van der Waals surface area contributed by atoms with Gasteiger partial charge in [-0.05, 0) is 50.5 Å². The van der Waals surface area contributed by atoms with E-state index in [0.29, 0.717) is 6.54 Å². The molecule has 3 nitrogen and oxygen atoms in total. The summed E-state index contributed by atoms with van der Waals surface area (Å²) >= 11 is 0. The van der Waals surface area contributed by atoms with Gasteiger partial charge in [-0.2, -0.15) is 0 Å². The monoisotopic (exact) mass is 235 g/mol. The summed E-state index contributed by atoms with van der Waals surface area (Å²) in [4.78, 5) is 11.6. The standard InChI is InChI=1S/C14H21NO2/c1-5-8-15-14(16)12(4)17-13-7-6-10(2)11(3)9-13/h6-7,9,12H,5,8H2,1-4H3,(H,15,16). The molecule has 1 rings (SSSR count). The summed E-state index contributed by atoms with van der Waals surface area (Å²) in [7, 11) is 0. The summed E-state index contributed by atoms with van der Waals surface area (Å²) < 4.78 is 5.60. The normalized spacial score (nSPS) is 12.0. The van der Waals surface area contributed by atoms with Crippen LogP contribution in [0.25, 0.3) is 0 Å². The summed E-state index contributed by atoms with van der Waals surface area (Å²) in [5.74, 6) is 0.678. The van der Waals surface area contributed by atoms with E-state index in [1.165, 1.54) is 11.1 Å². The highest BCUT2D eigenvalue weighted by Gasteiger charge is 2.13. The fourth-order valence-electron chi connectivity index (χ4n) is 1.44. The lowest BCUT2D eigenvalue weighted by molar-refractivity contribution is -0.127. The molecule has 1 aromatic carbocycles. The topological polar surface area (TPSA) is 38.3 Å². The van der Waals surface area contributed by atoms with Crippen molar-refractivity contribution in [2.24, 2.45) is 0 Å². The van der Waals surface area contributed by atoms with Crippen molar-refractivity contribution in [2.75, 3.05) is 6.54 Å². The van der Waals surface area contributed by atoms with Gasteiger partial charge in [0.25, 0.3) is 5.91 Å². The average Bonchev–Trinajstić information content (AvgIpc) is 2.30. The number of rotatable bonds is 5. The first-order chi connectivity index (χ1) is 8.04. The molecule has 1 atom stereocenters. The van der Waals surface area contributed by atoms with Gasteiger partial charge in [-0.15, -0.1) is 0 Å². The van der Waals surface area contributed by atoms with Gasteiger partial charge in [0.05, 0.1) is 0 Å². The van der Waals surface area contributed by atoms with Gasteiger partial charge in [-0.1, -0.05) is 13.0 Å². The van der Waals surface area contributed by atoms with E-state index < -0.39 is 6.10 Å². The van der Waals surface area contributed by atoms with Crippen LogP contribution in [0.2, 0.25) is 0 Å². The Morgan fingerprint density at radius 1 is 1.35 bits per heavy atom. The van der Waals surface area contributed by atoms with Crippen molar-refractivity contribution in [1.29, 1.82) is 0 Å². The highest BCUT2D eigenvalue weighted by molar-refractivity contribution is 5.80. The highest BCUT2D eigenvalue weighted by atomic mass is 16.5.